The van der Waals surface area contributed by atoms with Crippen LogP contribution in [0.3, 0.4) is 0 Å². The van der Waals surface area contributed by atoms with E-state index in [4.69, 9.17) is 5.11 Å². The number of rotatable bonds is 1. The second-order valence-corrected chi connectivity index (χ2v) is 4.06. The van der Waals surface area contributed by atoms with Gasteiger partial charge in [-0.1, -0.05) is 12.8 Å². The molecule has 1 heterocycles. The number of carbonyl (C=O) groups is 2. The molecule has 0 unspecified atom stereocenters. The van der Waals surface area contributed by atoms with Crippen molar-refractivity contribution in [1.29, 1.82) is 0 Å². The number of carbonyl (C=O) groups excluding carboxylic acids is 1. The first-order valence-electron chi connectivity index (χ1n) is 5.00. The smallest absolute Gasteiger partial charge is 0.329 e. The third-order valence-electron chi connectivity index (χ3n) is 2.98. The Labute approximate surface area is 83.9 Å². The fraction of sp³-hybridized carbons (Fsp3) is 0.800. The zero-order valence-corrected chi connectivity index (χ0v) is 8.75. The van der Waals surface area contributed by atoms with Gasteiger partial charge in [0.15, 0.2) is 0 Å². The second kappa shape index (κ2) is 3.98. The van der Waals surface area contributed by atoms with Crippen molar-refractivity contribution in [3.8, 4) is 0 Å². The van der Waals surface area contributed by atoms with E-state index in [1.807, 2.05) is 0 Å². The lowest BCUT2D eigenvalue weighted by atomic mass is 9.94. The maximum Gasteiger partial charge on any atom is 0.329 e. The summed E-state index contributed by atoms with van der Waals surface area (Å²) >= 11 is 0. The second-order valence-electron chi connectivity index (χ2n) is 4.06. The monoisotopic (exact) mass is 199 g/mol. The Bertz CT molecular complexity index is 252. The van der Waals surface area contributed by atoms with Crippen LogP contribution in [-0.2, 0) is 9.59 Å². The van der Waals surface area contributed by atoms with Gasteiger partial charge >= 0.3 is 5.97 Å². The minimum absolute atomic E-state index is 0.142. The molecule has 0 aromatic rings. The molecule has 1 rings (SSSR count). The predicted octanol–water partition coefficient (Wildman–Crippen LogP) is 1.25. The maximum atomic E-state index is 11.3. The molecule has 1 aliphatic rings. The summed E-state index contributed by atoms with van der Waals surface area (Å²) in [6.45, 7) is 3.65. The summed E-state index contributed by atoms with van der Waals surface area (Å²) < 4.78 is 0. The Hall–Kier alpha value is -1.06. The Morgan fingerprint density at radius 2 is 1.93 bits per heavy atom. The number of hydrogen-bond donors (Lipinski definition) is 1. The average Bonchev–Trinajstić information content (AvgIpc) is 2.27. The molecule has 0 aromatic heterocycles. The third kappa shape index (κ3) is 1.89. The minimum atomic E-state index is -0.998. The van der Waals surface area contributed by atoms with Gasteiger partial charge in [0.1, 0.15) is 5.54 Å². The zero-order chi connectivity index (χ0) is 10.8. The molecule has 0 bridgehead atoms. The molecule has 1 amide bonds. The number of aliphatic carboxylic acids is 1. The van der Waals surface area contributed by atoms with Gasteiger partial charge in [-0.05, 0) is 19.8 Å². The van der Waals surface area contributed by atoms with Gasteiger partial charge in [0.05, 0.1) is 0 Å². The average molecular weight is 199 g/mol. The summed E-state index contributed by atoms with van der Waals surface area (Å²) in [5.74, 6) is -1.04. The molecular formula is C10H17NO3. The first kappa shape index (κ1) is 11.0. The fourth-order valence-corrected chi connectivity index (χ4v) is 2.02. The lowest BCUT2D eigenvalue weighted by Crippen LogP contribution is -2.53. The molecule has 0 radical (unpaired) electrons. The predicted molar refractivity (Wildman–Crippen MR) is 51.9 cm³/mol. The molecule has 1 atom stereocenters. The van der Waals surface area contributed by atoms with E-state index in [0.29, 0.717) is 13.0 Å². The fourth-order valence-electron chi connectivity index (χ4n) is 2.02. The molecule has 14 heavy (non-hydrogen) atoms. The van der Waals surface area contributed by atoms with Gasteiger partial charge in [0.2, 0.25) is 5.91 Å². The van der Waals surface area contributed by atoms with Gasteiger partial charge < -0.3 is 10.0 Å². The number of hydrogen-bond acceptors (Lipinski definition) is 2. The normalized spacial score (nSPS) is 28.3. The Morgan fingerprint density at radius 1 is 1.29 bits per heavy atom. The molecule has 1 N–H and O–H groups in total. The van der Waals surface area contributed by atoms with E-state index in [9.17, 15) is 9.59 Å². The Kier molecular flexibility index (Phi) is 3.13. The third-order valence-corrected chi connectivity index (χ3v) is 2.98. The van der Waals surface area contributed by atoms with E-state index in [-0.39, 0.29) is 5.91 Å². The van der Waals surface area contributed by atoms with Crippen LogP contribution < -0.4 is 0 Å². The standard InChI is InChI=1S/C10H17NO3/c1-8(12)11-7-5-3-4-6-10(11,2)9(13)14/h3-7H2,1-2H3,(H,13,14)/t10-/m0/s1. The molecule has 0 aromatic carbocycles. The topological polar surface area (TPSA) is 57.6 Å². The number of carboxylic acid groups (broad SMARTS) is 1. The molecule has 1 fully saturated rings. The van der Waals surface area contributed by atoms with Crippen molar-refractivity contribution in [2.24, 2.45) is 0 Å². The van der Waals surface area contributed by atoms with Crippen molar-refractivity contribution in [3.05, 3.63) is 0 Å². The maximum absolute atomic E-state index is 11.3. The molecule has 4 nitrogen and oxygen atoms in total. The van der Waals surface area contributed by atoms with Crippen molar-refractivity contribution < 1.29 is 14.7 Å². The van der Waals surface area contributed by atoms with Gasteiger partial charge in [-0.25, -0.2) is 4.79 Å². The van der Waals surface area contributed by atoms with Crippen LogP contribution in [0, 0.1) is 0 Å². The van der Waals surface area contributed by atoms with Gasteiger partial charge in [0, 0.05) is 13.5 Å². The van der Waals surface area contributed by atoms with E-state index in [2.05, 4.69) is 0 Å². The summed E-state index contributed by atoms with van der Waals surface area (Å²) in [5.41, 5.74) is -0.998. The lowest BCUT2D eigenvalue weighted by molar-refractivity contribution is -0.157. The van der Waals surface area contributed by atoms with Gasteiger partial charge in [-0.3, -0.25) is 4.79 Å². The molecule has 80 valence electrons. The Balaban J connectivity index is 2.94. The molecule has 0 spiro atoms. The van der Waals surface area contributed by atoms with Crippen LogP contribution >= 0.6 is 0 Å². The minimum Gasteiger partial charge on any atom is -0.480 e. The van der Waals surface area contributed by atoms with E-state index in [0.717, 1.165) is 19.3 Å². The zero-order valence-electron chi connectivity index (χ0n) is 8.75. The van der Waals surface area contributed by atoms with Crippen LogP contribution in [0.4, 0.5) is 0 Å². The lowest BCUT2D eigenvalue weighted by Gasteiger charge is -2.35. The van der Waals surface area contributed by atoms with Crippen LogP contribution in [0.2, 0.25) is 0 Å². The van der Waals surface area contributed by atoms with E-state index in [1.54, 1.807) is 6.92 Å². The summed E-state index contributed by atoms with van der Waals surface area (Å²) in [5, 5.41) is 9.15. The quantitative estimate of drug-likeness (QED) is 0.691. The van der Waals surface area contributed by atoms with Gasteiger partial charge in [-0.2, -0.15) is 0 Å². The highest BCUT2D eigenvalue weighted by molar-refractivity contribution is 5.85. The number of likely N-dealkylation sites (tertiary alicyclic amines) is 1. The summed E-state index contributed by atoms with van der Waals surface area (Å²) in [6, 6.07) is 0. The molecule has 1 aliphatic heterocycles. The SMILES string of the molecule is CC(=O)N1CCCCC[C@@]1(C)C(=O)O. The number of nitrogens with zero attached hydrogens (tertiary/aromatic N) is 1. The highest BCUT2D eigenvalue weighted by Gasteiger charge is 2.41. The largest absolute Gasteiger partial charge is 0.480 e. The van der Waals surface area contributed by atoms with Crippen LogP contribution in [0.5, 0.6) is 0 Å². The van der Waals surface area contributed by atoms with Gasteiger partial charge in [-0.15, -0.1) is 0 Å². The van der Waals surface area contributed by atoms with E-state index < -0.39 is 11.5 Å². The van der Waals surface area contributed by atoms with Crippen molar-refractivity contribution in [2.45, 2.75) is 45.1 Å². The summed E-state index contributed by atoms with van der Waals surface area (Å²) in [4.78, 5) is 24.0. The van der Waals surface area contributed by atoms with Crippen molar-refractivity contribution >= 4 is 11.9 Å². The first-order chi connectivity index (χ1) is 6.48. The summed E-state index contributed by atoms with van der Waals surface area (Å²) in [7, 11) is 0. The van der Waals surface area contributed by atoms with Crippen molar-refractivity contribution in [2.75, 3.05) is 6.54 Å². The number of carboxylic acids is 1. The van der Waals surface area contributed by atoms with E-state index in [1.165, 1.54) is 11.8 Å². The molecule has 1 saturated heterocycles. The highest BCUT2D eigenvalue weighted by atomic mass is 16.4. The van der Waals surface area contributed by atoms with Crippen LogP contribution in [0.1, 0.15) is 39.5 Å². The highest BCUT2D eigenvalue weighted by Crippen LogP contribution is 2.27. The van der Waals surface area contributed by atoms with Crippen molar-refractivity contribution in [1.82, 2.24) is 4.90 Å². The van der Waals surface area contributed by atoms with E-state index >= 15 is 0 Å². The van der Waals surface area contributed by atoms with Gasteiger partial charge in [0.25, 0.3) is 0 Å². The first-order valence-corrected chi connectivity index (χ1v) is 5.00. The molecule has 0 saturated carbocycles. The molecular weight excluding hydrogens is 182 g/mol. The Morgan fingerprint density at radius 3 is 2.43 bits per heavy atom. The van der Waals surface area contributed by atoms with Crippen LogP contribution in [0.25, 0.3) is 0 Å². The van der Waals surface area contributed by atoms with Crippen LogP contribution in [0.15, 0.2) is 0 Å². The molecule has 0 aliphatic carbocycles. The number of amides is 1. The summed E-state index contributed by atoms with van der Waals surface area (Å²) in [6.07, 6.45) is 3.35. The van der Waals surface area contributed by atoms with Crippen LogP contribution in [-0.4, -0.2) is 34.0 Å². The van der Waals surface area contributed by atoms with Crippen molar-refractivity contribution in [3.63, 3.8) is 0 Å². The molecule has 4 heteroatoms.